The van der Waals surface area contributed by atoms with E-state index in [0.29, 0.717) is 0 Å². The predicted molar refractivity (Wildman–Crippen MR) is 69.2 cm³/mol. The summed E-state index contributed by atoms with van der Waals surface area (Å²) in [6.07, 6.45) is 7.31. The zero-order valence-electron chi connectivity index (χ0n) is 10.1. The van der Waals surface area contributed by atoms with Gasteiger partial charge in [0.2, 0.25) is 0 Å². The fourth-order valence-corrected chi connectivity index (χ4v) is 3.63. The summed E-state index contributed by atoms with van der Waals surface area (Å²) in [7, 11) is 0. The lowest BCUT2D eigenvalue weighted by molar-refractivity contribution is 0.162. The van der Waals surface area contributed by atoms with Crippen molar-refractivity contribution in [1.82, 2.24) is 10.3 Å². The zero-order valence-corrected chi connectivity index (χ0v) is 10.9. The first-order valence-corrected chi connectivity index (χ1v) is 7.49. The summed E-state index contributed by atoms with van der Waals surface area (Å²) in [5.41, 5.74) is 1.13. The third-order valence-corrected chi connectivity index (χ3v) is 5.06. The number of rotatable bonds is 5. The molecule has 17 heavy (non-hydrogen) atoms. The van der Waals surface area contributed by atoms with Crippen LogP contribution in [0.5, 0.6) is 0 Å². The van der Waals surface area contributed by atoms with Crippen LogP contribution in [0.3, 0.4) is 0 Å². The molecule has 0 amide bonds. The summed E-state index contributed by atoms with van der Waals surface area (Å²) in [4.78, 5) is 4.67. The van der Waals surface area contributed by atoms with Crippen molar-refractivity contribution in [2.24, 2.45) is 0 Å². The lowest BCUT2D eigenvalue weighted by atomic mass is 9.99. The van der Waals surface area contributed by atoms with Crippen LogP contribution >= 0.6 is 11.3 Å². The molecule has 0 aromatic carbocycles. The molecule has 0 saturated heterocycles. The molecule has 3 rings (SSSR count). The van der Waals surface area contributed by atoms with E-state index in [2.05, 4.69) is 15.7 Å². The van der Waals surface area contributed by atoms with Gasteiger partial charge in [0.1, 0.15) is 0 Å². The fraction of sp³-hybridized carbons (Fsp3) is 0.769. The van der Waals surface area contributed by atoms with Gasteiger partial charge in [-0.1, -0.05) is 12.8 Å². The maximum Gasteiger partial charge on any atom is 0.0959 e. The second-order valence-electron chi connectivity index (χ2n) is 5.45. The molecule has 0 bridgehead atoms. The molecule has 2 aliphatic carbocycles. The van der Waals surface area contributed by atoms with Gasteiger partial charge in [0.05, 0.1) is 17.3 Å². The number of hydrogen-bond acceptors (Lipinski definition) is 4. The zero-order chi connectivity index (χ0) is 11.7. The second-order valence-corrected chi connectivity index (χ2v) is 6.34. The number of aliphatic hydroxyl groups is 1. The Kier molecular flexibility index (Phi) is 3.19. The van der Waals surface area contributed by atoms with Gasteiger partial charge in [-0.05, 0) is 25.7 Å². The molecule has 0 aliphatic heterocycles. The Labute approximate surface area is 106 Å². The van der Waals surface area contributed by atoms with Crippen LogP contribution in [0.25, 0.3) is 0 Å². The van der Waals surface area contributed by atoms with E-state index >= 15 is 0 Å². The average molecular weight is 252 g/mol. The Morgan fingerprint density at radius 2 is 2.18 bits per heavy atom. The molecule has 1 aromatic heterocycles. The van der Waals surface area contributed by atoms with Gasteiger partial charge in [-0.25, -0.2) is 4.98 Å². The maximum absolute atomic E-state index is 9.52. The number of aliphatic hydroxyl groups excluding tert-OH is 1. The lowest BCUT2D eigenvalue weighted by Crippen LogP contribution is -2.45. The van der Waals surface area contributed by atoms with Gasteiger partial charge in [-0.2, -0.15) is 0 Å². The van der Waals surface area contributed by atoms with Crippen molar-refractivity contribution in [1.29, 1.82) is 0 Å². The molecule has 3 nitrogen and oxygen atoms in total. The molecule has 2 saturated carbocycles. The van der Waals surface area contributed by atoms with E-state index < -0.39 is 0 Å². The molecular weight excluding hydrogens is 232 g/mol. The van der Waals surface area contributed by atoms with E-state index in [4.69, 9.17) is 0 Å². The topological polar surface area (TPSA) is 45.1 Å². The molecule has 1 aromatic rings. The molecule has 0 radical (unpaired) electrons. The maximum atomic E-state index is 9.52. The first kappa shape index (κ1) is 11.6. The third-order valence-electron chi connectivity index (χ3n) is 4.00. The summed E-state index contributed by atoms with van der Waals surface area (Å²) in [6.45, 7) is 1.07. The number of thiazole rings is 1. The first-order chi connectivity index (χ1) is 8.31. The number of nitrogens with zero attached hydrogens (tertiary/aromatic N) is 1. The van der Waals surface area contributed by atoms with Crippen LogP contribution in [0.15, 0.2) is 5.38 Å². The van der Waals surface area contributed by atoms with Crippen molar-refractivity contribution in [3.05, 3.63) is 16.1 Å². The molecule has 2 fully saturated rings. The van der Waals surface area contributed by atoms with Gasteiger partial charge < -0.3 is 10.4 Å². The van der Waals surface area contributed by atoms with Crippen LogP contribution in [0.2, 0.25) is 0 Å². The van der Waals surface area contributed by atoms with E-state index in [-0.39, 0.29) is 12.1 Å². The van der Waals surface area contributed by atoms with E-state index in [9.17, 15) is 5.11 Å². The molecule has 0 atom stereocenters. The monoisotopic (exact) mass is 252 g/mol. The summed E-state index contributed by atoms with van der Waals surface area (Å²) < 4.78 is 0. The molecular formula is C13H20N2OS. The minimum atomic E-state index is -0.0244. The number of aromatic nitrogens is 1. The standard InChI is InChI=1S/C13H20N2OS/c16-9-13(5-1-2-6-13)14-7-11-8-17-12(15-11)10-3-4-10/h8,10,14,16H,1-7,9H2. The van der Waals surface area contributed by atoms with Gasteiger partial charge >= 0.3 is 0 Å². The van der Waals surface area contributed by atoms with Crippen molar-refractivity contribution in [3.63, 3.8) is 0 Å². The van der Waals surface area contributed by atoms with Crippen molar-refractivity contribution < 1.29 is 5.11 Å². The van der Waals surface area contributed by atoms with Crippen LogP contribution in [-0.4, -0.2) is 22.2 Å². The van der Waals surface area contributed by atoms with Crippen molar-refractivity contribution in [2.45, 2.75) is 56.5 Å². The van der Waals surface area contributed by atoms with Gasteiger partial charge in [0.15, 0.2) is 0 Å². The molecule has 0 unspecified atom stereocenters. The van der Waals surface area contributed by atoms with Crippen molar-refractivity contribution >= 4 is 11.3 Å². The molecule has 0 spiro atoms. The summed E-state index contributed by atoms with van der Waals surface area (Å²) >= 11 is 1.80. The summed E-state index contributed by atoms with van der Waals surface area (Å²) in [5, 5.41) is 16.5. The Hall–Kier alpha value is -0.450. The highest BCUT2D eigenvalue weighted by Gasteiger charge is 2.33. The number of hydrogen-bond donors (Lipinski definition) is 2. The molecule has 2 aliphatic rings. The quantitative estimate of drug-likeness (QED) is 0.846. The van der Waals surface area contributed by atoms with E-state index in [0.717, 1.165) is 31.0 Å². The summed E-state index contributed by atoms with van der Waals surface area (Å²) in [5.74, 6) is 0.757. The minimum Gasteiger partial charge on any atom is -0.394 e. The van der Waals surface area contributed by atoms with E-state index in [1.165, 1.54) is 30.7 Å². The molecule has 2 N–H and O–H groups in total. The Morgan fingerprint density at radius 1 is 1.41 bits per heavy atom. The van der Waals surface area contributed by atoms with Gasteiger partial charge in [0.25, 0.3) is 0 Å². The first-order valence-electron chi connectivity index (χ1n) is 6.61. The van der Waals surface area contributed by atoms with Gasteiger partial charge in [-0.15, -0.1) is 11.3 Å². The van der Waals surface area contributed by atoms with Crippen molar-refractivity contribution in [2.75, 3.05) is 6.61 Å². The second kappa shape index (κ2) is 4.67. The largest absolute Gasteiger partial charge is 0.394 e. The smallest absolute Gasteiger partial charge is 0.0959 e. The predicted octanol–water partition coefficient (Wildman–Crippen LogP) is 2.42. The Bertz CT molecular complexity index is 381. The van der Waals surface area contributed by atoms with Crippen LogP contribution in [0, 0.1) is 0 Å². The van der Waals surface area contributed by atoms with E-state index in [1.807, 2.05) is 0 Å². The van der Waals surface area contributed by atoms with Crippen LogP contribution in [0.1, 0.15) is 55.1 Å². The normalized spacial score (nSPS) is 23.1. The average Bonchev–Trinajstić information content (AvgIpc) is 2.94. The number of nitrogens with one attached hydrogen (secondary N) is 1. The minimum absolute atomic E-state index is 0.0244. The highest BCUT2D eigenvalue weighted by Crippen LogP contribution is 2.41. The summed E-state index contributed by atoms with van der Waals surface area (Å²) in [6, 6.07) is 0. The van der Waals surface area contributed by atoms with Crippen LogP contribution in [-0.2, 0) is 6.54 Å². The van der Waals surface area contributed by atoms with Gasteiger partial charge in [-0.3, -0.25) is 0 Å². The molecule has 94 valence electrons. The van der Waals surface area contributed by atoms with Gasteiger partial charge in [0, 0.05) is 23.4 Å². The fourth-order valence-electron chi connectivity index (χ4n) is 2.64. The lowest BCUT2D eigenvalue weighted by Gasteiger charge is -2.27. The highest BCUT2D eigenvalue weighted by molar-refractivity contribution is 7.09. The Balaban J connectivity index is 1.58. The molecule has 4 heteroatoms. The van der Waals surface area contributed by atoms with Crippen LogP contribution in [0.4, 0.5) is 0 Å². The molecule has 1 heterocycles. The third kappa shape index (κ3) is 2.54. The Morgan fingerprint density at radius 3 is 2.82 bits per heavy atom. The van der Waals surface area contributed by atoms with E-state index in [1.54, 1.807) is 11.3 Å². The highest BCUT2D eigenvalue weighted by atomic mass is 32.1. The van der Waals surface area contributed by atoms with Crippen molar-refractivity contribution in [3.8, 4) is 0 Å². The van der Waals surface area contributed by atoms with Crippen LogP contribution < -0.4 is 5.32 Å². The SMILES string of the molecule is OCC1(NCc2csc(C3CC3)n2)CCCC1.